The van der Waals surface area contributed by atoms with E-state index in [0.717, 1.165) is 0 Å². The number of rotatable bonds is 0. The van der Waals surface area contributed by atoms with Crippen molar-refractivity contribution in [1.82, 2.24) is 6.15 Å². The molecule has 0 atom stereocenters. The average molecular weight is 145 g/mol. The third-order valence-electron chi connectivity index (χ3n) is 1.50. The van der Waals surface area contributed by atoms with Gasteiger partial charge in [-0.15, -0.1) is 0 Å². The lowest BCUT2D eigenvalue weighted by Crippen LogP contribution is -1.85. The predicted octanol–water partition coefficient (Wildman–Crippen LogP) is 3.92. The van der Waals surface area contributed by atoms with E-state index in [1.54, 1.807) is 0 Å². The monoisotopic (exact) mass is 145 g/mol. The van der Waals surface area contributed by atoms with Crippen LogP contribution in [0.25, 0.3) is 0 Å². The van der Waals surface area contributed by atoms with E-state index in [1.807, 2.05) is 0 Å². The molecule has 0 aromatic heterocycles. The minimum Gasteiger partial charge on any atom is -0.344 e. The van der Waals surface area contributed by atoms with E-state index in [2.05, 4.69) is 13.8 Å². The highest BCUT2D eigenvalue weighted by Gasteiger charge is 1.95. The van der Waals surface area contributed by atoms with Gasteiger partial charge in [-0.05, 0) is 0 Å². The van der Waals surface area contributed by atoms with Crippen molar-refractivity contribution in [3.8, 4) is 0 Å². The van der Waals surface area contributed by atoms with Crippen LogP contribution in [0.1, 0.15) is 58.8 Å². The molecule has 0 bridgehead atoms. The second-order valence-corrected chi connectivity index (χ2v) is 2.83. The summed E-state index contributed by atoms with van der Waals surface area (Å²) in [5.74, 6) is 0. The van der Waals surface area contributed by atoms with Gasteiger partial charge in [0.15, 0.2) is 0 Å². The summed E-state index contributed by atoms with van der Waals surface area (Å²) >= 11 is 0. The smallest absolute Gasteiger partial charge is 0.0533 e. The molecule has 1 rings (SSSR count). The van der Waals surface area contributed by atoms with Crippen LogP contribution in [0, 0.1) is 0 Å². The van der Waals surface area contributed by atoms with Gasteiger partial charge >= 0.3 is 0 Å². The van der Waals surface area contributed by atoms with Crippen LogP contribution in [-0.4, -0.2) is 0 Å². The van der Waals surface area contributed by atoms with Gasteiger partial charge < -0.3 is 6.15 Å². The summed E-state index contributed by atoms with van der Waals surface area (Å²) in [6.45, 7) is 4.25. The number of hydrogen-bond acceptors (Lipinski definition) is 1. The maximum absolute atomic E-state index is 2.12. The van der Waals surface area contributed by atoms with E-state index < -0.39 is 0 Å². The third-order valence-corrected chi connectivity index (χ3v) is 1.50. The van der Waals surface area contributed by atoms with Gasteiger partial charge in [0.05, 0.1) is 0 Å². The summed E-state index contributed by atoms with van der Waals surface area (Å²) in [6.07, 6.45) is 10.2. The fourth-order valence-electron chi connectivity index (χ4n) is 1.06. The first-order valence-corrected chi connectivity index (χ1v) is 4.41. The van der Waals surface area contributed by atoms with Crippen molar-refractivity contribution in [3.05, 3.63) is 0 Å². The highest BCUT2D eigenvalue weighted by atomic mass is 14.0. The molecule has 0 amide bonds. The first-order chi connectivity index (χ1) is 4.41. The minimum atomic E-state index is 0. The quantitative estimate of drug-likeness (QED) is 0.551. The Balaban J connectivity index is 0. The van der Waals surface area contributed by atoms with Crippen molar-refractivity contribution >= 4 is 0 Å². The maximum Gasteiger partial charge on any atom is -0.0533 e. The summed E-state index contributed by atoms with van der Waals surface area (Å²) < 4.78 is 0. The van der Waals surface area contributed by atoms with Crippen LogP contribution in [0.2, 0.25) is 0 Å². The Morgan fingerprint density at radius 2 is 0.800 bits per heavy atom. The zero-order valence-electron chi connectivity index (χ0n) is 7.66. The summed E-state index contributed by atoms with van der Waals surface area (Å²) in [4.78, 5) is 0. The molecular formula is C9H23N. The van der Waals surface area contributed by atoms with Crippen molar-refractivity contribution < 1.29 is 0 Å². The Morgan fingerprint density at radius 3 is 0.900 bits per heavy atom. The average Bonchev–Trinajstić information content (AvgIpc) is 1.93. The molecule has 0 spiro atoms. The molecule has 10 heavy (non-hydrogen) atoms. The lowest BCUT2D eigenvalue weighted by molar-refractivity contribution is 0.504. The molecule has 0 aromatic rings. The van der Waals surface area contributed by atoms with Crippen LogP contribution in [0.5, 0.6) is 0 Å². The van der Waals surface area contributed by atoms with E-state index >= 15 is 0 Å². The van der Waals surface area contributed by atoms with Crippen LogP contribution in [0.4, 0.5) is 0 Å². The first kappa shape index (κ1) is 12.6. The first-order valence-electron chi connectivity index (χ1n) is 4.41. The molecule has 0 radical (unpaired) electrons. The molecule has 1 fully saturated rings. The van der Waals surface area contributed by atoms with Gasteiger partial charge in [0.2, 0.25) is 0 Å². The largest absolute Gasteiger partial charge is 0.344 e. The Labute approximate surface area is 65.8 Å². The summed E-state index contributed by atoms with van der Waals surface area (Å²) in [7, 11) is 0. The standard InChI is InChI=1S/C6H12.C3H8.H3N/c1-2-4-6-5-3-1;1-3-2;/h1-6H2;3H2,1-2H3;1H3. The van der Waals surface area contributed by atoms with E-state index in [1.165, 1.54) is 44.9 Å². The van der Waals surface area contributed by atoms with Gasteiger partial charge in [-0.25, -0.2) is 0 Å². The molecule has 1 nitrogen and oxygen atoms in total. The Hall–Kier alpha value is -0.0400. The fourth-order valence-corrected chi connectivity index (χ4v) is 1.06. The summed E-state index contributed by atoms with van der Waals surface area (Å²) in [6, 6.07) is 0. The molecule has 0 aromatic carbocycles. The molecule has 1 aliphatic rings. The normalized spacial score (nSPS) is 16.2. The van der Waals surface area contributed by atoms with Crippen molar-refractivity contribution in [2.45, 2.75) is 58.8 Å². The molecule has 0 heterocycles. The van der Waals surface area contributed by atoms with Gasteiger partial charge in [-0.2, -0.15) is 0 Å². The number of hydrogen-bond donors (Lipinski definition) is 1. The highest BCUT2D eigenvalue weighted by molar-refractivity contribution is 4.51. The van der Waals surface area contributed by atoms with Gasteiger partial charge in [-0.1, -0.05) is 58.8 Å². The molecule has 3 N–H and O–H groups in total. The molecule has 1 aliphatic carbocycles. The van der Waals surface area contributed by atoms with Crippen LogP contribution in [0.15, 0.2) is 0 Å². The fraction of sp³-hybridized carbons (Fsp3) is 1.00. The van der Waals surface area contributed by atoms with Gasteiger partial charge in [0.1, 0.15) is 0 Å². The highest BCUT2D eigenvalue weighted by Crippen LogP contribution is 2.15. The molecule has 0 aliphatic heterocycles. The topological polar surface area (TPSA) is 35.0 Å². The van der Waals surface area contributed by atoms with Crippen LogP contribution >= 0.6 is 0 Å². The van der Waals surface area contributed by atoms with Crippen LogP contribution in [-0.2, 0) is 0 Å². The lowest BCUT2D eigenvalue weighted by atomic mass is 10.0. The second-order valence-electron chi connectivity index (χ2n) is 2.83. The third kappa shape index (κ3) is 10.9. The molecular weight excluding hydrogens is 122 g/mol. The van der Waals surface area contributed by atoms with Crippen molar-refractivity contribution in [2.75, 3.05) is 0 Å². The van der Waals surface area contributed by atoms with Gasteiger partial charge in [0.25, 0.3) is 0 Å². The van der Waals surface area contributed by atoms with Gasteiger partial charge in [-0.3, -0.25) is 0 Å². The van der Waals surface area contributed by atoms with E-state index in [-0.39, 0.29) is 6.15 Å². The van der Waals surface area contributed by atoms with E-state index in [4.69, 9.17) is 0 Å². The second kappa shape index (κ2) is 11.7. The summed E-state index contributed by atoms with van der Waals surface area (Å²) in [5, 5.41) is 0. The van der Waals surface area contributed by atoms with Gasteiger partial charge in [0, 0.05) is 0 Å². The van der Waals surface area contributed by atoms with Crippen molar-refractivity contribution in [2.24, 2.45) is 0 Å². The zero-order valence-corrected chi connectivity index (χ0v) is 7.66. The van der Waals surface area contributed by atoms with E-state index in [9.17, 15) is 0 Å². The zero-order chi connectivity index (χ0) is 6.95. The molecule has 1 saturated carbocycles. The SMILES string of the molecule is C1CCCCC1.CCC.N. The van der Waals surface area contributed by atoms with Crippen molar-refractivity contribution in [3.63, 3.8) is 0 Å². The Bertz CT molecular complexity index is 28.5. The molecule has 0 unspecified atom stereocenters. The maximum atomic E-state index is 2.12. The Morgan fingerprint density at radius 1 is 0.700 bits per heavy atom. The molecule has 0 saturated heterocycles. The van der Waals surface area contributed by atoms with Crippen LogP contribution < -0.4 is 6.15 Å². The lowest BCUT2D eigenvalue weighted by Gasteiger charge is -2.05. The Kier molecular flexibility index (Phi) is 14.8. The van der Waals surface area contributed by atoms with Crippen LogP contribution in [0.3, 0.4) is 0 Å². The van der Waals surface area contributed by atoms with E-state index in [0.29, 0.717) is 0 Å². The molecule has 1 heteroatoms. The van der Waals surface area contributed by atoms with Crippen molar-refractivity contribution in [1.29, 1.82) is 0 Å². The summed E-state index contributed by atoms with van der Waals surface area (Å²) in [5.41, 5.74) is 0. The predicted molar refractivity (Wildman–Crippen MR) is 48.7 cm³/mol. The minimum absolute atomic E-state index is 0. The molecule has 64 valence electrons.